The van der Waals surface area contributed by atoms with Crippen molar-refractivity contribution in [3.05, 3.63) is 218 Å². The number of ether oxygens (including phenoxy) is 1. The lowest BCUT2D eigenvalue weighted by Crippen LogP contribution is -2.67. The molecule has 0 bridgehead atoms. The molecule has 382 valence electrons. The molecular formula is C62H62O9P2Si2. The van der Waals surface area contributed by atoms with Crippen molar-refractivity contribution in [3.63, 3.8) is 0 Å². The molecule has 0 aliphatic carbocycles. The first-order chi connectivity index (χ1) is 36.4. The molecule has 0 unspecified atom stereocenters. The molecule has 1 aliphatic heterocycles. The van der Waals surface area contributed by atoms with E-state index in [1.807, 2.05) is 97.1 Å². The van der Waals surface area contributed by atoms with Crippen LogP contribution in [0.25, 0.3) is 43.9 Å². The highest BCUT2D eigenvalue weighted by Crippen LogP contribution is 2.44. The first-order valence-electron chi connectivity index (χ1n) is 25.6. The molecule has 1 aliphatic rings. The molecule has 1 fully saturated rings. The van der Waals surface area contributed by atoms with Crippen molar-refractivity contribution in [1.29, 1.82) is 0 Å². The zero-order valence-corrected chi connectivity index (χ0v) is 46.9. The van der Waals surface area contributed by atoms with Crippen molar-refractivity contribution in [2.24, 2.45) is 0 Å². The maximum Gasteiger partial charge on any atom is 0.387 e. The summed E-state index contributed by atoms with van der Waals surface area (Å²) in [5.74, 6) is 0. The monoisotopic (exact) mass is 1070 g/mol. The van der Waals surface area contributed by atoms with Gasteiger partial charge in [0, 0.05) is 21.5 Å². The number of fused-ring (bicyclic) bond motifs is 6. The molecule has 4 atom stereocenters. The lowest BCUT2D eigenvalue weighted by molar-refractivity contribution is -0.0266. The van der Waals surface area contributed by atoms with Crippen LogP contribution in [0.1, 0.15) is 41.5 Å². The maximum absolute atomic E-state index is 7.76. The summed E-state index contributed by atoms with van der Waals surface area (Å²) in [5, 5.41) is 7.54. The zero-order chi connectivity index (χ0) is 51.6. The van der Waals surface area contributed by atoms with Crippen LogP contribution in [0.15, 0.2) is 235 Å². The van der Waals surface area contributed by atoms with Gasteiger partial charge in [-0.2, -0.15) is 0 Å². The van der Waals surface area contributed by atoms with Crippen molar-refractivity contribution < 1.29 is 39.4 Å². The summed E-state index contributed by atoms with van der Waals surface area (Å²) in [6.07, 6.45) is -3.23. The Morgan fingerprint density at radius 3 is 0.840 bits per heavy atom. The third-order valence-electron chi connectivity index (χ3n) is 14.4. The van der Waals surface area contributed by atoms with E-state index in [1.54, 1.807) is 0 Å². The van der Waals surface area contributed by atoms with Crippen molar-refractivity contribution >= 4 is 97.7 Å². The Kier molecular flexibility index (Phi) is 14.6. The lowest BCUT2D eigenvalue weighted by Gasteiger charge is -2.44. The minimum absolute atomic E-state index is 0.134. The van der Waals surface area contributed by atoms with Crippen molar-refractivity contribution in [2.75, 3.05) is 13.2 Å². The molecule has 8 aromatic carbocycles. The van der Waals surface area contributed by atoms with E-state index in [0.29, 0.717) is 22.3 Å². The van der Waals surface area contributed by atoms with E-state index in [-0.39, 0.29) is 23.3 Å². The minimum Gasteiger partial charge on any atom is -0.405 e. The highest BCUT2D eigenvalue weighted by Gasteiger charge is 2.56. The van der Waals surface area contributed by atoms with E-state index in [9.17, 15) is 0 Å². The molecule has 3 heterocycles. The number of hydrogen-bond acceptors (Lipinski definition) is 9. The molecule has 10 aromatic rings. The molecular weight excluding hydrogens is 1010 g/mol. The van der Waals surface area contributed by atoms with Crippen molar-refractivity contribution in [2.45, 2.75) is 76.0 Å². The molecule has 13 heteroatoms. The molecule has 0 saturated carbocycles. The van der Waals surface area contributed by atoms with Crippen molar-refractivity contribution in [1.82, 2.24) is 0 Å². The minimum atomic E-state index is -3.14. The van der Waals surface area contributed by atoms with E-state index in [0.717, 1.165) is 42.3 Å². The van der Waals surface area contributed by atoms with E-state index >= 15 is 0 Å². The van der Waals surface area contributed by atoms with Gasteiger partial charge in [-0.25, -0.2) is 0 Å². The van der Waals surface area contributed by atoms with Gasteiger partial charge < -0.3 is 30.4 Å². The Balaban J connectivity index is 1.11. The number of hydrogen-bond donors (Lipinski definition) is 0. The number of para-hydroxylation sites is 4. The zero-order valence-electron chi connectivity index (χ0n) is 43.1. The summed E-state index contributed by atoms with van der Waals surface area (Å²) < 4.78 is 65.2. The molecule has 0 N–H and O–H groups in total. The Hall–Kier alpha value is -6.21. The molecule has 2 aromatic heterocycles. The summed E-state index contributed by atoms with van der Waals surface area (Å²) in [4.78, 5) is 0. The number of benzene rings is 8. The van der Waals surface area contributed by atoms with Gasteiger partial charge in [-0.15, -0.1) is 0 Å². The highest BCUT2D eigenvalue weighted by molar-refractivity contribution is 7.32. The third kappa shape index (κ3) is 9.94. The summed E-state index contributed by atoms with van der Waals surface area (Å²) >= 11 is 0. The molecule has 11 rings (SSSR count). The van der Waals surface area contributed by atoms with E-state index < -0.39 is 57.5 Å². The molecule has 9 nitrogen and oxygen atoms in total. The molecule has 0 amide bonds. The van der Waals surface area contributed by atoms with Crippen LogP contribution in [0.3, 0.4) is 0 Å². The smallest absolute Gasteiger partial charge is 0.387 e. The quantitative estimate of drug-likeness (QED) is 0.0986. The van der Waals surface area contributed by atoms with Gasteiger partial charge in [0.15, 0.2) is 0 Å². The fourth-order valence-electron chi connectivity index (χ4n) is 11.0. The largest absolute Gasteiger partial charge is 0.405 e. The van der Waals surface area contributed by atoms with Crippen LogP contribution in [-0.2, 0) is 13.6 Å². The topological polar surface area (TPSA) is 98.7 Å². The summed E-state index contributed by atoms with van der Waals surface area (Å²) in [7, 11) is -10.6. The maximum atomic E-state index is 7.76. The normalized spacial score (nSPS) is 17.5. The van der Waals surface area contributed by atoms with E-state index in [2.05, 4.69) is 163 Å². The van der Waals surface area contributed by atoms with Gasteiger partial charge in [0.2, 0.25) is 0 Å². The predicted molar refractivity (Wildman–Crippen MR) is 309 cm³/mol. The second-order valence-corrected chi connectivity index (χ2v) is 31.8. The van der Waals surface area contributed by atoms with Crippen LogP contribution in [0.5, 0.6) is 0 Å². The van der Waals surface area contributed by atoms with Crippen LogP contribution in [0.2, 0.25) is 10.1 Å². The van der Waals surface area contributed by atoms with Gasteiger partial charge in [-0.3, -0.25) is 9.05 Å². The molecule has 0 radical (unpaired) electrons. The van der Waals surface area contributed by atoms with Crippen LogP contribution in [0.4, 0.5) is 0 Å². The SMILES string of the molecule is CC(C)(C)[Si](OC[C@H]1O[C@H](CO[Si](c2ccccc2)(c2ccccc2)C(C)(C)C)[C@@H](Op2oc3ccccc3c3ccccc3o2)[C@@H]1Op1oc2ccccc2c2ccccc2o1)(c1ccccc1)c1ccccc1. The average Bonchev–Trinajstić information content (AvgIpc) is 3.54. The summed E-state index contributed by atoms with van der Waals surface area (Å²) in [6.45, 7) is 13.9. The summed E-state index contributed by atoms with van der Waals surface area (Å²) in [5.41, 5.74) is 2.57. The van der Waals surface area contributed by atoms with Crippen LogP contribution < -0.4 is 29.8 Å². The van der Waals surface area contributed by atoms with Gasteiger partial charge in [-0.05, 0) is 55.1 Å². The molecule has 75 heavy (non-hydrogen) atoms. The van der Waals surface area contributed by atoms with E-state index in [1.165, 1.54) is 0 Å². The fraction of sp³-hybridized carbons (Fsp3) is 0.226. The highest BCUT2D eigenvalue weighted by atomic mass is 31.1. The van der Waals surface area contributed by atoms with Gasteiger partial charge in [0.05, 0.1) is 13.2 Å². The van der Waals surface area contributed by atoms with E-state index in [4.69, 9.17) is 39.4 Å². The van der Waals surface area contributed by atoms with Gasteiger partial charge in [0.25, 0.3) is 16.6 Å². The van der Waals surface area contributed by atoms with Crippen LogP contribution in [-0.4, -0.2) is 54.3 Å². The Morgan fingerprint density at radius 1 is 0.347 bits per heavy atom. The third-order valence-corrected chi connectivity index (χ3v) is 26.6. The first kappa shape index (κ1) is 50.9. The molecule has 0 spiro atoms. The second kappa shape index (κ2) is 21.4. The Bertz CT molecular complexity index is 3190. The second-order valence-electron chi connectivity index (χ2n) is 21.1. The van der Waals surface area contributed by atoms with Crippen molar-refractivity contribution in [3.8, 4) is 0 Å². The first-order valence-corrected chi connectivity index (χ1v) is 31.6. The predicted octanol–water partition coefficient (Wildman–Crippen LogP) is 14.1. The average molecular weight is 1070 g/mol. The lowest BCUT2D eigenvalue weighted by atomic mass is 10.1. The Morgan fingerprint density at radius 2 is 0.587 bits per heavy atom. The fourth-order valence-corrected chi connectivity index (χ4v) is 22.6. The summed E-state index contributed by atoms with van der Waals surface area (Å²) in [6, 6.07) is 74.4. The standard InChI is InChI=1S/C62H62O9P2Si2/c1-61(2,3)74(45-27-11-7-12-28-45,46-29-13-8-14-30-46)63-43-57-59(70-72-66-53-39-23-19-35-49(53)50-36-20-24-40-54(50)67-72)60(71-73-68-55-41-25-21-37-51(55)52-38-22-26-42-56(52)69-73)58(65-57)44-64-75(62(4,5)6,47-31-15-9-16-32-47)48-33-17-10-18-34-48/h7-42,57-60H,43-44H2,1-6H3/t57-,58-,59-,60-/m1/s1. The number of rotatable bonds is 14. The molecule has 1 saturated heterocycles. The van der Waals surface area contributed by atoms with Crippen LogP contribution >= 0.6 is 16.5 Å². The van der Waals surface area contributed by atoms with Gasteiger partial charge in [0.1, 0.15) is 46.7 Å². The van der Waals surface area contributed by atoms with Gasteiger partial charge in [-0.1, -0.05) is 236 Å². The van der Waals surface area contributed by atoms with Gasteiger partial charge >= 0.3 is 16.5 Å². The Labute approximate surface area is 442 Å². The van der Waals surface area contributed by atoms with Crippen LogP contribution in [0, 0.1) is 0 Å².